The molecule has 0 radical (unpaired) electrons. The largest absolute Gasteiger partial charge is 0.300 e. The van der Waals surface area contributed by atoms with E-state index in [0.29, 0.717) is 5.41 Å². The Morgan fingerprint density at radius 1 is 1.20 bits per heavy atom. The van der Waals surface area contributed by atoms with E-state index < -0.39 is 0 Å². The summed E-state index contributed by atoms with van der Waals surface area (Å²) < 4.78 is 0. The summed E-state index contributed by atoms with van der Waals surface area (Å²) in [7, 11) is 2.33. The average Bonchev–Trinajstić information content (AvgIpc) is 2.68. The molecule has 15 heavy (non-hydrogen) atoms. The van der Waals surface area contributed by atoms with Gasteiger partial charge >= 0.3 is 0 Å². The lowest BCUT2D eigenvalue weighted by Crippen LogP contribution is -2.47. The monoisotopic (exact) mass is 227 g/mol. The molecule has 1 saturated carbocycles. The molecule has 0 aromatic rings. The third-order valence-corrected chi connectivity index (χ3v) is 5.92. The van der Waals surface area contributed by atoms with Gasteiger partial charge in [0.25, 0.3) is 0 Å². The fourth-order valence-corrected chi connectivity index (χ4v) is 5.07. The van der Waals surface area contributed by atoms with Crippen molar-refractivity contribution in [3.63, 3.8) is 0 Å². The van der Waals surface area contributed by atoms with Crippen LogP contribution in [0.3, 0.4) is 0 Å². The Morgan fingerprint density at radius 3 is 2.47 bits per heavy atom. The van der Waals surface area contributed by atoms with Crippen LogP contribution in [0.5, 0.6) is 0 Å². The summed E-state index contributed by atoms with van der Waals surface area (Å²) in [6.45, 7) is 0. The fraction of sp³-hybridized carbons (Fsp3) is 1.00. The first-order valence-corrected chi connectivity index (χ1v) is 7.06. The van der Waals surface area contributed by atoms with Gasteiger partial charge in [-0.2, -0.15) is 0 Å². The van der Waals surface area contributed by atoms with Gasteiger partial charge in [0.05, 0.1) is 0 Å². The minimum Gasteiger partial charge on any atom is -0.300 e. The first kappa shape index (κ1) is 10.4. The number of alkyl halides is 1. The number of fused-ring (bicyclic) bond motifs is 2. The van der Waals surface area contributed by atoms with Crippen molar-refractivity contribution in [3.05, 3.63) is 0 Å². The Balaban J connectivity index is 1.83. The molecule has 0 amide bonds. The molecule has 86 valence electrons. The van der Waals surface area contributed by atoms with Crippen LogP contribution in [0, 0.1) is 11.3 Å². The Kier molecular flexibility index (Phi) is 2.52. The van der Waals surface area contributed by atoms with Gasteiger partial charge in [0.15, 0.2) is 0 Å². The summed E-state index contributed by atoms with van der Waals surface area (Å²) in [6.07, 6.45) is 10.1. The zero-order valence-corrected chi connectivity index (χ0v) is 10.5. The molecule has 2 saturated heterocycles. The molecule has 1 nitrogen and oxygen atoms in total. The molecular formula is C13H22ClN. The van der Waals surface area contributed by atoms with Gasteiger partial charge in [0.2, 0.25) is 0 Å². The van der Waals surface area contributed by atoms with Crippen LogP contribution in [0.25, 0.3) is 0 Å². The Labute approximate surface area is 98.2 Å². The van der Waals surface area contributed by atoms with Gasteiger partial charge in [0.1, 0.15) is 0 Å². The van der Waals surface area contributed by atoms with E-state index in [-0.39, 0.29) is 0 Å². The molecule has 3 rings (SSSR count). The lowest BCUT2D eigenvalue weighted by atomic mass is 9.68. The Morgan fingerprint density at radius 2 is 1.87 bits per heavy atom. The number of hydrogen-bond donors (Lipinski definition) is 0. The van der Waals surface area contributed by atoms with Gasteiger partial charge < -0.3 is 4.90 Å². The van der Waals surface area contributed by atoms with Crippen LogP contribution >= 0.6 is 11.6 Å². The number of hydrogen-bond acceptors (Lipinski definition) is 1. The minimum atomic E-state index is 0.653. The highest BCUT2D eigenvalue weighted by atomic mass is 35.5. The zero-order chi connectivity index (χ0) is 10.5. The van der Waals surface area contributed by atoms with Gasteiger partial charge in [-0.3, -0.25) is 0 Å². The highest BCUT2D eigenvalue weighted by molar-refractivity contribution is 6.18. The molecule has 1 aliphatic carbocycles. The van der Waals surface area contributed by atoms with E-state index >= 15 is 0 Å². The first-order valence-electron chi connectivity index (χ1n) is 6.53. The van der Waals surface area contributed by atoms with Crippen LogP contribution in [0.15, 0.2) is 0 Å². The van der Waals surface area contributed by atoms with E-state index in [2.05, 4.69) is 11.9 Å². The molecule has 3 atom stereocenters. The Bertz CT molecular complexity index is 239. The number of halogens is 1. The predicted molar refractivity (Wildman–Crippen MR) is 64.3 cm³/mol. The van der Waals surface area contributed by atoms with Gasteiger partial charge in [-0.25, -0.2) is 0 Å². The lowest BCUT2D eigenvalue weighted by molar-refractivity contribution is 0.0374. The van der Waals surface area contributed by atoms with Crippen molar-refractivity contribution in [2.45, 2.75) is 57.0 Å². The fourth-order valence-electron chi connectivity index (χ4n) is 4.59. The number of nitrogens with zero attached hydrogens (tertiary/aromatic N) is 1. The first-order chi connectivity index (χ1) is 7.25. The summed E-state index contributed by atoms with van der Waals surface area (Å²) in [5.41, 5.74) is 0.653. The summed E-state index contributed by atoms with van der Waals surface area (Å²) in [5.74, 6) is 1.74. The van der Waals surface area contributed by atoms with E-state index in [9.17, 15) is 0 Å². The van der Waals surface area contributed by atoms with Gasteiger partial charge in [-0.15, -0.1) is 11.6 Å². The van der Waals surface area contributed by atoms with Crippen molar-refractivity contribution in [3.8, 4) is 0 Å². The van der Waals surface area contributed by atoms with Gasteiger partial charge in [-0.05, 0) is 56.9 Å². The normalized spacial score (nSPS) is 50.4. The summed E-state index contributed by atoms with van der Waals surface area (Å²) in [4.78, 5) is 2.65. The lowest BCUT2D eigenvalue weighted by Gasteiger charge is -2.46. The summed E-state index contributed by atoms with van der Waals surface area (Å²) in [6, 6.07) is 1.76. The van der Waals surface area contributed by atoms with Crippen LogP contribution in [0.1, 0.15) is 44.9 Å². The highest BCUT2D eigenvalue weighted by Gasteiger charge is 2.51. The number of rotatable bonds is 1. The summed E-state index contributed by atoms with van der Waals surface area (Å²) >= 11 is 6.17. The molecule has 2 aliphatic heterocycles. The Hall–Kier alpha value is 0.250. The minimum absolute atomic E-state index is 0.653. The zero-order valence-electron chi connectivity index (χ0n) is 9.71. The van der Waals surface area contributed by atoms with E-state index in [1.165, 1.54) is 44.9 Å². The standard InChI is InChI=1S/C13H22ClN/c1-15-11-4-5-12(15)8-13(7-11)6-2-3-10(13)9-14/h10-12H,2-9H2,1H3. The van der Waals surface area contributed by atoms with Gasteiger partial charge in [-0.1, -0.05) is 6.42 Å². The van der Waals surface area contributed by atoms with Crippen LogP contribution in [-0.4, -0.2) is 29.9 Å². The molecule has 2 heteroatoms. The van der Waals surface area contributed by atoms with Crippen molar-refractivity contribution in [1.82, 2.24) is 4.90 Å². The van der Waals surface area contributed by atoms with Gasteiger partial charge in [0, 0.05) is 18.0 Å². The maximum Gasteiger partial charge on any atom is 0.0257 e. The van der Waals surface area contributed by atoms with Crippen LogP contribution < -0.4 is 0 Å². The van der Waals surface area contributed by atoms with Crippen LogP contribution in [0.4, 0.5) is 0 Å². The molecule has 2 bridgehead atoms. The van der Waals surface area contributed by atoms with Crippen molar-refractivity contribution in [1.29, 1.82) is 0 Å². The van der Waals surface area contributed by atoms with Crippen LogP contribution in [-0.2, 0) is 0 Å². The third-order valence-electron chi connectivity index (χ3n) is 5.55. The molecule has 3 fully saturated rings. The second-order valence-corrected chi connectivity index (χ2v) is 6.37. The van der Waals surface area contributed by atoms with Crippen molar-refractivity contribution < 1.29 is 0 Å². The van der Waals surface area contributed by atoms with Crippen molar-refractivity contribution in [2.24, 2.45) is 11.3 Å². The molecule has 0 aromatic heterocycles. The second kappa shape index (κ2) is 3.63. The molecule has 1 spiro atoms. The maximum atomic E-state index is 6.17. The third kappa shape index (κ3) is 1.46. The predicted octanol–water partition coefficient (Wildman–Crippen LogP) is 3.27. The second-order valence-electron chi connectivity index (χ2n) is 6.06. The molecule has 0 aromatic carbocycles. The average molecular weight is 228 g/mol. The van der Waals surface area contributed by atoms with E-state index in [1.54, 1.807) is 0 Å². The topological polar surface area (TPSA) is 3.24 Å². The molecule has 3 aliphatic rings. The van der Waals surface area contributed by atoms with Crippen LogP contribution in [0.2, 0.25) is 0 Å². The maximum absolute atomic E-state index is 6.17. The molecule has 3 unspecified atom stereocenters. The van der Waals surface area contributed by atoms with E-state index in [1.807, 2.05) is 0 Å². The molecule has 2 heterocycles. The summed E-state index contributed by atoms with van der Waals surface area (Å²) in [5, 5.41) is 0. The number of piperidine rings is 1. The highest BCUT2D eigenvalue weighted by Crippen LogP contribution is 2.56. The molecular weight excluding hydrogens is 206 g/mol. The quantitative estimate of drug-likeness (QED) is 0.622. The SMILES string of the molecule is CN1C2CCC1CC1(CCCC1CCl)C2. The van der Waals surface area contributed by atoms with Crippen molar-refractivity contribution >= 4 is 11.6 Å². The smallest absolute Gasteiger partial charge is 0.0257 e. The van der Waals surface area contributed by atoms with E-state index in [0.717, 1.165) is 23.9 Å². The molecule has 0 N–H and O–H groups in total. The van der Waals surface area contributed by atoms with Crippen molar-refractivity contribution in [2.75, 3.05) is 12.9 Å². The van der Waals surface area contributed by atoms with E-state index in [4.69, 9.17) is 11.6 Å².